The predicted molar refractivity (Wildman–Crippen MR) is 23.5 cm³/mol. The first-order chi connectivity index (χ1) is 3.13. The van der Waals surface area contributed by atoms with Crippen molar-refractivity contribution < 1.29 is 42.3 Å². The zero-order valence-electron chi connectivity index (χ0n) is 4.30. The Hall–Kier alpha value is -0.581. The summed E-state index contributed by atoms with van der Waals surface area (Å²) in [5.74, 6) is -2.62. The molecule has 0 aromatic heterocycles. The minimum atomic E-state index is -1.31. The first-order valence-corrected chi connectivity index (χ1v) is 1.56. The van der Waals surface area contributed by atoms with Gasteiger partial charge < -0.3 is 15.7 Å². The summed E-state index contributed by atoms with van der Waals surface area (Å²) in [5, 5.41) is 15.4. The van der Waals surface area contributed by atoms with Gasteiger partial charge in [0, 0.05) is 17.1 Å². The van der Waals surface area contributed by atoms with Gasteiger partial charge in [0.05, 0.1) is 0 Å². The Labute approximate surface area is 61.5 Å². The normalized spacial score (nSPS) is 6.22. The molecule has 0 saturated heterocycles. The summed E-state index contributed by atoms with van der Waals surface area (Å²) in [6.45, 7) is 0. The predicted octanol–water partition coefficient (Wildman–Crippen LogP) is -1.28. The summed E-state index contributed by atoms with van der Waals surface area (Å²) in [6.07, 6.45) is -0.806. The van der Waals surface area contributed by atoms with Crippen LogP contribution in [0.25, 0.3) is 0 Å². The van der Waals surface area contributed by atoms with Gasteiger partial charge in [0.1, 0.15) is 6.42 Å². The molecular formula is C3H6MnO5. The van der Waals surface area contributed by atoms with Crippen LogP contribution >= 0.6 is 0 Å². The molecule has 0 bridgehead atoms. The molecule has 0 spiro atoms. The van der Waals surface area contributed by atoms with Gasteiger partial charge in [-0.25, -0.2) is 0 Å². The zero-order valence-corrected chi connectivity index (χ0v) is 5.48. The molecule has 0 atom stereocenters. The Morgan fingerprint density at radius 3 is 1.33 bits per heavy atom. The van der Waals surface area contributed by atoms with Crippen LogP contribution in [-0.4, -0.2) is 27.6 Å². The zero-order chi connectivity index (χ0) is 5.86. The van der Waals surface area contributed by atoms with Gasteiger partial charge in [-0.1, -0.05) is 0 Å². The first-order valence-electron chi connectivity index (χ1n) is 1.56. The van der Waals surface area contributed by atoms with E-state index in [4.69, 9.17) is 10.2 Å². The fraction of sp³-hybridized carbons (Fsp3) is 0.333. The standard InChI is InChI=1S/C3H4O4.Mn.H2O/c4-2(5)1-3(6)7;;/h1H2,(H,4,5)(H,6,7);;1H2. The van der Waals surface area contributed by atoms with Crippen LogP contribution in [0.2, 0.25) is 0 Å². The molecule has 0 heterocycles. The monoisotopic (exact) mass is 177 g/mol. The van der Waals surface area contributed by atoms with Crippen molar-refractivity contribution in [2.75, 3.05) is 0 Å². The number of hydrogen-bond acceptors (Lipinski definition) is 2. The number of carbonyl (C=O) groups is 2. The Morgan fingerprint density at radius 1 is 1.11 bits per heavy atom. The van der Waals surface area contributed by atoms with Gasteiger partial charge in [0.15, 0.2) is 0 Å². The molecule has 9 heavy (non-hydrogen) atoms. The molecule has 5 nitrogen and oxygen atoms in total. The fourth-order valence-corrected chi connectivity index (χ4v) is 0.129. The maximum absolute atomic E-state index is 9.43. The van der Waals surface area contributed by atoms with Crippen LogP contribution in [0.4, 0.5) is 0 Å². The van der Waals surface area contributed by atoms with Crippen LogP contribution in [0.5, 0.6) is 0 Å². The number of aliphatic carboxylic acids is 2. The summed E-state index contributed by atoms with van der Waals surface area (Å²) in [4.78, 5) is 18.9. The number of hydrogen-bond donors (Lipinski definition) is 2. The molecule has 55 valence electrons. The Morgan fingerprint density at radius 2 is 1.33 bits per heavy atom. The Bertz CT molecular complexity index is 88.4. The van der Waals surface area contributed by atoms with Crippen molar-refractivity contribution in [3.8, 4) is 0 Å². The molecule has 1 radical (unpaired) electrons. The van der Waals surface area contributed by atoms with Crippen molar-refractivity contribution in [3.63, 3.8) is 0 Å². The summed E-state index contributed by atoms with van der Waals surface area (Å²) in [6, 6.07) is 0. The second-order valence-electron chi connectivity index (χ2n) is 0.964. The maximum Gasteiger partial charge on any atom is 0.314 e. The second-order valence-corrected chi connectivity index (χ2v) is 0.964. The van der Waals surface area contributed by atoms with Gasteiger partial charge in [-0.2, -0.15) is 0 Å². The quantitative estimate of drug-likeness (QED) is 0.404. The molecule has 0 aliphatic heterocycles. The molecule has 0 unspecified atom stereocenters. The van der Waals surface area contributed by atoms with Crippen LogP contribution in [-0.2, 0) is 26.7 Å². The molecule has 0 saturated carbocycles. The van der Waals surface area contributed by atoms with Crippen LogP contribution in [0.3, 0.4) is 0 Å². The van der Waals surface area contributed by atoms with Gasteiger partial charge in [-0.15, -0.1) is 0 Å². The molecule has 0 aliphatic rings. The largest absolute Gasteiger partial charge is 0.481 e. The summed E-state index contributed by atoms with van der Waals surface area (Å²) < 4.78 is 0. The van der Waals surface area contributed by atoms with E-state index in [1.807, 2.05) is 0 Å². The van der Waals surface area contributed by atoms with E-state index < -0.39 is 18.4 Å². The van der Waals surface area contributed by atoms with Crippen molar-refractivity contribution in [2.24, 2.45) is 0 Å². The third-order valence-corrected chi connectivity index (χ3v) is 0.302. The first kappa shape index (κ1) is 15.8. The molecule has 0 fully saturated rings. The Kier molecular flexibility index (Phi) is 13.0. The van der Waals surface area contributed by atoms with Crippen molar-refractivity contribution in [1.82, 2.24) is 0 Å². The topological polar surface area (TPSA) is 106 Å². The van der Waals surface area contributed by atoms with Gasteiger partial charge >= 0.3 is 11.9 Å². The molecule has 0 aromatic rings. The van der Waals surface area contributed by atoms with E-state index in [2.05, 4.69) is 0 Å². The van der Waals surface area contributed by atoms with E-state index in [0.29, 0.717) is 0 Å². The van der Waals surface area contributed by atoms with Gasteiger partial charge in [-0.05, 0) is 0 Å². The van der Waals surface area contributed by atoms with E-state index in [-0.39, 0.29) is 22.5 Å². The van der Waals surface area contributed by atoms with Crippen LogP contribution in [0.15, 0.2) is 0 Å². The van der Waals surface area contributed by atoms with Gasteiger partial charge in [0.25, 0.3) is 0 Å². The van der Waals surface area contributed by atoms with E-state index in [9.17, 15) is 9.59 Å². The maximum atomic E-state index is 9.43. The summed E-state index contributed by atoms with van der Waals surface area (Å²) in [5.41, 5.74) is 0. The van der Waals surface area contributed by atoms with Crippen molar-refractivity contribution in [2.45, 2.75) is 6.42 Å². The molecule has 0 aromatic carbocycles. The molecule has 6 heteroatoms. The average molecular weight is 177 g/mol. The van der Waals surface area contributed by atoms with E-state index in [1.54, 1.807) is 0 Å². The molecule has 0 amide bonds. The smallest absolute Gasteiger partial charge is 0.314 e. The second kappa shape index (κ2) is 7.42. The van der Waals surface area contributed by atoms with Gasteiger partial charge in [-0.3, -0.25) is 9.59 Å². The third-order valence-electron chi connectivity index (χ3n) is 0.302. The van der Waals surface area contributed by atoms with Crippen molar-refractivity contribution in [1.29, 1.82) is 0 Å². The van der Waals surface area contributed by atoms with Crippen LogP contribution in [0.1, 0.15) is 6.42 Å². The van der Waals surface area contributed by atoms with Crippen LogP contribution in [0, 0.1) is 0 Å². The average Bonchev–Trinajstić information content (AvgIpc) is 1.27. The molecule has 4 N–H and O–H groups in total. The van der Waals surface area contributed by atoms with E-state index in [0.717, 1.165) is 0 Å². The van der Waals surface area contributed by atoms with Crippen molar-refractivity contribution >= 4 is 11.9 Å². The van der Waals surface area contributed by atoms with E-state index >= 15 is 0 Å². The van der Waals surface area contributed by atoms with Crippen LogP contribution < -0.4 is 0 Å². The number of carboxylic acids is 2. The number of carboxylic acid groups (broad SMARTS) is 2. The SMILES string of the molecule is O.O=C(O)CC(=O)O.[Mn]. The summed E-state index contributed by atoms with van der Waals surface area (Å²) in [7, 11) is 0. The van der Waals surface area contributed by atoms with E-state index in [1.165, 1.54) is 0 Å². The molecule has 0 aliphatic carbocycles. The minimum absolute atomic E-state index is 0. The Balaban J connectivity index is -0.000000180. The number of rotatable bonds is 2. The third kappa shape index (κ3) is 18.6. The van der Waals surface area contributed by atoms with Crippen molar-refractivity contribution in [3.05, 3.63) is 0 Å². The fourth-order valence-electron chi connectivity index (χ4n) is 0.129. The molecular weight excluding hydrogens is 171 g/mol. The minimum Gasteiger partial charge on any atom is -0.481 e. The molecule has 0 rings (SSSR count). The summed E-state index contributed by atoms with van der Waals surface area (Å²) >= 11 is 0. The van der Waals surface area contributed by atoms with Gasteiger partial charge in [0.2, 0.25) is 0 Å².